The molecule has 5 heteroatoms. The second-order valence-corrected chi connectivity index (χ2v) is 8.11. The summed E-state index contributed by atoms with van der Waals surface area (Å²) in [6, 6.07) is 0.563. The van der Waals surface area contributed by atoms with Crippen LogP contribution < -0.4 is 5.32 Å². The Morgan fingerprint density at radius 1 is 1.22 bits per heavy atom. The summed E-state index contributed by atoms with van der Waals surface area (Å²) < 4.78 is 23.8. The Morgan fingerprint density at radius 2 is 1.83 bits per heavy atom. The van der Waals surface area contributed by atoms with Gasteiger partial charge in [-0.25, -0.2) is 8.42 Å². The van der Waals surface area contributed by atoms with Crippen LogP contribution >= 0.6 is 0 Å². The van der Waals surface area contributed by atoms with Crippen LogP contribution in [0.5, 0.6) is 0 Å². The number of sulfone groups is 1. The lowest BCUT2D eigenvalue weighted by Crippen LogP contribution is -2.45. The summed E-state index contributed by atoms with van der Waals surface area (Å²) in [6.45, 7) is 9.51. The van der Waals surface area contributed by atoms with Crippen molar-refractivity contribution in [3.63, 3.8) is 0 Å². The van der Waals surface area contributed by atoms with Crippen molar-refractivity contribution in [1.29, 1.82) is 0 Å². The normalized spacial score (nSPS) is 18.7. The molecule has 1 aliphatic heterocycles. The van der Waals surface area contributed by atoms with E-state index in [9.17, 15) is 8.42 Å². The van der Waals surface area contributed by atoms with Crippen LogP contribution in [0.3, 0.4) is 0 Å². The highest BCUT2D eigenvalue weighted by Crippen LogP contribution is 2.13. The maximum atomic E-state index is 11.9. The van der Waals surface area contributed by atoms with Gasteiger partial charge in [0.05, 0.1) is 11.0 Å². The zero-order valence-corrected chi connectivity index (χ0v) is 12.8. The van der Waals surface area contributed by atoms with Crippen molar-refractivity contribution in [2.24, 2.45) is 0 Å². The number of nitrogens with zero attached hydrogens (tertiary/aromatic N) is 1. The van der Waals surface area contributed by atoms with Crippen molar-refractivity contribution < 1.29 is 8.42 Å². The zero-order valence-electron chi connectivity index (χ0n) is 12.0. The molecule has 0 aromatic heterocycles. The first-order chi connectivity index (χ1) is 8.47. The zero-order chi connectivity index (χ0) is 13.6. The van der Waals surface area contributed by atoms with Crippen molar-refractivity contribution in [2.75, 3.05) is 31.9 Å². The van der Waals surface area contributed by atoms with Gasteiger partial charge < -0.3 is 5.32 Å². The summed E-state index contributed by atoms with van der Waals surface area (Å²) in [7, 11) is -2.91. The molecule has 1 rings (SSSR count). The van der Waals surface area contributed by atoms with Gasteiger partial charge in [-0.3, -0.25) is 4.90 Å². The molecule has 108 valence electrons. The molecule has 1 N–H and O–H groups in total. The van der Waals surface area contributed by atoms with Gasteiger partial charge in [0, 0.05) is 12.6 Å². The number of hydrogen-bond donors (Lipinski definition) is 1. The van der Waals surface area contributed by atoms with Crippen molar-refractivity contribution in [3.05, 3.63) is 0 Å². The second kappa shape index (κ2) is 7.46. The number of nitrogens with one attached hydrogen (secondary N) is 1. The Bertz CT molecular complexity index is 322. The molecule has 0 amide bonds. The third-order valence-electron chi connectivity index (χ3n) is 3.72. The first kappa shape index (κ1) is 15.9. The van der Waals surface area contributed by atoms with Gasteiger partial charge in [0.2, 0.25) is 0 Å². The maximum Gasteiger partial charge on any atom is 0.153 e. The summed E-state index contributed by atoms with van der Waals surface area (Å²) >= 11 is 0. The molecule has 0 aromatic carbocycles. The van der Waals surface area contributed by atoms with E-state index in [-0.39, 0.29) is 5.25 Å². The lowest BCUT2D eigenvalue weighted by molar-refractivity contribution is 0.171. The van der Waals surface area contributed by atoms with E-state index in [0.29, 0.717) is 18.3 Å². The van der Waals surface area contributed by atoms with E-state index >= 15 is 0 Å². The SMILES string of the molecule is CCCN(CCS(=O)(=O)C(C)C)C1CCNCC1. The van der Waals surface area contributed by atoms with Gasteiger partial charge in [-0.05, 0) is 52.7 Å². The number of hydrogen-bond acceptors (Lipinski definition) is 4. The number of rotatable bonds is 7. The lowest BCUT2D eigenvalue weighted by atomic mass is 10.0. The molecule has 1 heterocycles. The molecule has 0 bridgehead atoms. The topological polar surface area (TPSA) is 49.4 Å². The number of piperidine rings is 1. The molecule has 0 spiro atoms. The molecule has 0 radical (unpaired) electrons. The second-order valence-electron chi connectivity index (χ2n) is 5.43. The van der Waals surface area contributed by atoms with Crippen LogP contribution in [-0.4, -0.2) is 56.5 Å². The van der Waals surface area contributed by atoms with Gasteiger partial charge in [-0.1, -0.05) is 6.92 Å². The van der Waals surface area contributed by atoms with Gasteiger partial charge in [-0.2, -0.15) is 0 Å². The van der Waals surface area contributed by atoms with E-state index in [4.69, 9.17) is 0 Å². The third kappa shape index (κ3) is 4.86. The van der Waals surface area contributed by atoms with Crippen LogP contribution in [0.1, 0.15) is 40.0 Å². The van der Waals surface area contributed by atoms with Crippen molar-refractivity contribution in [2.45, 2.75) is 51.3 Å². The molecule has 0 unspecified atom stereocenters. The molecular formula is C13H28N2O2S. The Hall–Kier alpha value is -0.130. The third-order valence-corrected chi connectivity index (χ3v) is 5.91. The fourth-order valence-electron chi connectivity index (χ4n) is 2.42. The molecule has 18 heavy (non-hydrogen) atoms. The van der Waals surface area contributed by atoms with Gasteiger partial charge >= 0.3 is 0 Å². The molecular weight excluding hydrogens is 248 g/mol. The van der Waals surface area contributed by atoms with Crippen LogP contribution in [-0.2, 0) is 9.84 Å². The first-order valence-corrected chi connectivity index (χ1v) is 8.85. The van der Waals surface area contributed by atoms with E-state index < -0.39 is 9.84 Å². The van der Waals surface area contributed by atoms with E-state index in [0.717, 1.165) is 38.9 Å². The van der Waals surface area contributed by atoms with Gasteiger partial charge in [-0.15, -0.1) is 0 Å². The minimum absolute atomic E-state index is 0.256. The van der Waals surface area contributed by atoms with Gasteiger partial charge in [0.15, 0.2) is 9.84 Å². The monoisotopic (exact) mass is 276 g/mol. The molecule has 0 saturated carbocycles. The van der Waals surface area contributed by atoms with E-state index in [2.05, 4.69) is 17.1 Å². The van der Waals surface area contributed by atoms with E-state index in [1.807, 2.05) is 0 Å². The fourth-order valence-corrected chi connectivity index (χ4v) is 3.38. The first-order valence-electron chi connectivity index (χ1n) is 7.13. The van der Waals surface area contributed by atoms with Gasteiger partial charge in [0.1, 0.15) is 0 Å². The Morgan fingerprint density at radius 3 is 2.33 bits per heavy atom. The van der Waals surface area contributed by atoms with Crippen molar-refractivity contribution in [3.8, 4) is 0 Å². The van der Waals surface area contributed by atoms with Crippen molar-refractivity contribution in [1.82, 2.24) is 10.2 Å². The fraction of sp³-hybridized carbons (Fsp3) is 1.00. The predicted molar refractivity (Wildman–Crippen MR) is 76.7 cm³/mol. The van der Waals surface area contributed by atoms with E-state index in [1.54, 1.807) is 13.8 Å². The maximum absolute atomic E-state index is 11.9. The highest BCUT2D eigenvalue weighted by Gasteiger charge is 2.23. The van der Waals surface area contributed by atoms with E-state index in [1.165, 1.54) is 0 Å². The van der Waals surface area contributed by atoms with Gasteiger partial charge in [0.25, 0.3) is 0 Å². The van der Waals surface area contributed by atoms with Crippen LogP contribution in [0.25, 0.3) is 0 Å². The summed E-state index contributed by atoms with van der Waals surface area (Å²) in [5.41, 5.74) is 0. The predicted octanol–water partition coefficient (Wildman–Crippen LogP) is 1.27. The average Bonchev–Trinajstić information content (AvgIpc) is 2.35. The summed E-state index contributed by atoms with van der Waals surface area (Å²) in [6.07, 6.45) is 3.37. The Labute approximate surface area is 112 Å². The molecule has 0 atom stereocenters. The lowest BCUT2D eigenvalue weighted by Gasteiger charge is -2.34. The van der Waals surface area contributed by atoms with Crippen LogP contribution in [0, 0.1) is 0 Å². The van der Waals surface area contributed by atoms with Crippen LogP contribution in [0.15, 0.2) is 0 Å². The minimum atomic E-state index is -2.91. The molecule has 1 saturated heterocycles. The highest BCUT2D eigenvalue weighted by molar-refractivity contribution is 7.92. The molecule has 1 aliphatic rings. The van der Waals surface area contributed by atoms with Crippen LogP contribution in [0.4, 0.5) is 0 Å². The molecule has 0 aromatic rings. The average molecular weight is 276 g/mol. The molecule has 0 aliphatic carbocycles. The largest absolute Gasteiger partial charge is 0.317 e. The quantitative estimate of drug-likeness (QED) is 0.761. The minimum Gasteiger partial charge on any atom is -0.317 e. The summed E-state index contributed by atoms with van der Waals surface area (Å²) in [4.78, 5) is 2.38. The summed E-state index contributed by atoms with van der Waals surface area (Å²) in [5.74, 6) is 0.300. The van der Waals surface area contributed by atoms with Crippen molar-refractivity contribution >= 4 is 9.84 Å². The Kier molecular flexibility index (Phi) is 6.60. The highest BCUT2D eigenvalue weighted by atomic mass is 32.2. The smallest absolute Gasteiger partial charge is 0.153 e. The Balaban J connectivity index is 2.52. The summed E-state index contributed by atoms with van der Waals surface area (Å²) in [5, 5.41) is 3.10. The molecule has 1 fully saturated rings. The molecule has 4 nitrogen and oxygen atoms in total. The standard InChI is InChI=1S/C13H28N2O2S/c1-4-9-15(13-5-7-14-8-6-13)10-11-18(16,17)12(2)3/h12-14H,4-11H2,1-3H3. The van der Waals surface area contributed by atoms with Crippen LogP contribution in [0.2, 0.25) is 0 Å².